The van der Waals surface area contributed by atoms with E-state index in [4.69, 9.17) is 5.73 Å². The van der Waals surface area contributed by atoms with Crippen LogP contribution in [0.5, 0.6) is 0 Å². The van der Waals surface area contributed by atoms with Gasteiger partial charge in [0.15, 0.2) is 0 Å². The maximum absolute atomic E-state index is 6.02. The average molecular weight is 308 g/mol. The number of nitrogens with two attached hydrogens (primary N) is 1. The molecule has 4 heteroatoms. The standard InChI is InChI=1S/C14H18BrN3/c1-9(2)8-18(3)13-5-4-12(16)11-6-10(15)7-17-14(11)13/h4-7,9H,8,16H2,1-3H3. The van der Waals surface area contributed by atoms with Crippen molar-refractivity contribution in [2.45, 2.75) is 13.8 Å². The summed E-state index contributed by atoms with van der Waals surface area (Å²) in [6, 6.07) is 6.01. The minimum atomic E-state index is 0.609. The second-order valence-corrected chi connectivity index (χ2v) is 5.91. The van der Waals surface area contributed by atoms with Crippen LogP contribution in [0.4, 0.5) is 11.4 Å². The Labute approximate surface area is 116 Å². The molecule has 2 aromatic rings. The first-order valence-electron chi connectivity index (χ1n) is 6.04. The summed E-state index contributed by atoms with van der Waals surface area (Å²) in [5, 5.41) is 0.998. The Morgan fingerprint density at radius 1 is 1.39 bits per heavy atom. The van der Waals surface area contributed by atoms with Crippen molar-refractivity contribution in [2.24, 2.45) is 5.92 Å². The van der Waals surface area contributed by atoms with Crippen molar-refractivity contribution in [1.82, 2.24) is 4.98 Å². The summed E-state index contributed by atoms with van der Waals surface area (Å²) < 4.78 is 0.949. The zero-order chi connectivity index (χ0) is 13.3. The molecule has 2 N–H and O–H groups in total. The van der Waals surface area contributed by atoms with Gasteiger partial charge in [-0.3, -0.25) is 4.98 Å². The highest BCUT2D eigenvalue weighted by molar-refractivity contribution is 9.10. The summed E-state index contributed by atoms with van der Waals surface area (Å²) in [7, 11) is 2.09. The minimum absolute atomic E-state index is 0.609. The Kier molecular flexibility index (Phi) is 3.76. The van der Waals surface area contributed by atoms with Gasteiger partial charge in [0, 0.05) is 35.3 Å². The van der Waals surface area contributed by atoms with Gasteiger partial charge in [-0.15, -0.1) is 0 Å². The van der Waals surface area contributed by atoms with Crippen LogP contribution in [0.25, 0.3) is 10.9 Å². The van der Waals surface area contributed by atoms with E-state index in [-0.39, 0.29) is 0 Å². The fourth-order valence-corrected chi connectivity index (χ4v) is 2.49. The minimum Gasteiger partial charge on any atom is -0.398 e. The monoisotopic (exact) mass is 307 g/mol. The molecule has 0 atom stereocenters. The number of anilines is 2. The van der Waals surface area contributed by atoms with E-state index >= 15 is 0 Å². The molecule has 2 rings (SSSR count). The van der Waals surface area contributed by atoms with Gasteiger partial charge in [0.1, 0.15) is 0 Å². The van der Waals surface area contributed by atoms with Crippen molar-refractivity contribution in [3.63, 3.8) is 0 Å². The lowest BCUT2D eigenvalue weighted by molar-refractivity contribution is 0.639. The second-order valence-electron chi connectivity index (χ2n) is 5.00. The molecular formula is C14H18BrN3. The second kappa shape index (κ2) is 5.14. The summed E-state index contributed by atoms with van der Waals surface area (Å²) in [6.45, 7) is 5.41. The zero-order valence-corrected chi connectivity index (χ0v) is 12.5. The third-order valence-electron chi connectivity index (χ3n) is 2.88. The van der Waals surface area contributed by atoms with E-state index in [0.717, 1.165) is 33.3 Å². The first kappa shape index (κ1) is 13.1. The summed E-state index contributed by atoms with van der Waals surface area (Å²) in [4.78, 5) is 6.73. The fraction of sp³-hybridized carbons (Fsp3) is 0.357. The van der Waals surface area contributed by atoms with Gasteiger partial charge in [-0.05, 0) is 40.0 Å². The van der Waals surface area contributed by atoms with Crippen molar-refractivity contribution in [3.05, 3.63) is 28.9 Å². The quantitative estimate of drug-likeness (QED) is 0.880. The van der Waals surface area contributed by atoms with Crippen LogP contribution < -0.4 is 10.6 Å². The van der Waals surface area contributed by atoms with Crippen LogP contribution in [0, 0.1) is 5.92 Å². The number of nitrogen functional groups attached to an aromatic ring is 1. The number of nitrogens with zero attached hydrogens (tertiary/aromatic N) is 2. The Bertz CT molecular complexity index is 566. The molecule has 0 saturated heterocycles. The van der Waals surface area contributed by atoms with Gasteiger partial charge < -0.3 is 10.6 Å². The molecule has 0 radical (unpaired) electrons. The Morgan fingerprint density at radius 3 is 2.78 bits per heavy atom. The maximum atomic E-state index is 6.02. The largest absolute Gasteiger partial charge is 0.398 e. The molecule has 1 heterocycles. The lowest BCUT2D eigenvalue weighted by Crippen LogP contribution is -2.22. The maximum Gasteiger partial charge on any atom is 0.0956 e. The topological polar surface area (TPSA) is 42.1 Å². The molecule has 18 heavy (non-hydrogen) atoms. The number of hydrogen-bond acceptors (Lipinski definition) is 3. The molecule has 0 amide bonds. The molecule has 3 nitrogen and oxygen atoms in total. The lowest BCUT2D eigenvalue weighted by Gasteiger charge is -2.23. The van der Waals surface area contributed by atoms with Crippen LogP contribution >= 0.6 is 15.9 Å². The highest BCUT2D eigenvalue weighted by Gasteiger charge is 2.11. The molecule has 0 bridgehead atoms. The van der Waals surface area contributed by atoms with Crippen LogP contribution in [-0.4, -0.2) is 18.6 Å². The van der Waals surface area contributed by atoms with Crippen molar-refractivity contribution < 1.29 is 0 Å². The predicted octanol–water partition coefficient (Wildman–Crippen LogP) is 3.67. The summed E-state index contributed by atoms with van der Waals surface area (Å²) >= 11 is 3.44. The number of rotatable bonds is 3. The SMILES string of the molecule is CC(C)CN(C)c1ccc(N)c2cc(Br)cnc12. The normalized spacial score (nSPS) is 11.2. The Balaban J connectivity index is 2.55. The molecule has 1 aromatic carbocycles. The van der Waals surface area contributed by atoms with Crippen LogP contribution in [-0.2, 0) is 0 Å². The summed E-state index contributed by atoms with van der Waals surface area (Å²) in [5.74, 6) is 0.609. The van der Waals surface area contributed by atoms with E-state index in [1.54, 1.807) is 0 Å². The van der Waals surface area contributed by atoms with Gasteiger partial charge in [0.2, 0.25) is 0 Å². The molecule has 0 unspecified atom stereocenters. The number of fused-ring (bicyclic) bond motifs is 1. The molecular weight excluding hydrogens is 290 g/mol. The van der Waals surface area contributed by atoms with E-state index in [9.17, 15) is 0 Å². The smallest absolute Gasteiger partial charge is 0.0956 e. The van der Waals surface area contributed by atoms with E-state index in [0.29, 0.717) is 5.92 Å². The van der Waals surface area contributed by atoms with Gasteiger partial charge in [-0.2, -0.15) is 0 Å². The zero-order valence-electron chi connectivity index (χ0n) is 10.9. The molecule has 0 aliphatic carbocycles. The van der Waals surface area contributed by atoms with Crippen LogP contribution in [0.1, 0.15) is 13.8 Å². The van der Waals surface area contributed by atoms with Gasteiger partial charge in [-0.25, -0.2) is 0 Å². The van der Waals surface area contributed by atoms with Crippen LogP contribution in [0.3, 0.4) is 0 Å². The fourth-order valence-electron chi connectivity index (χ4n) is 2.15. The third-order valence-corrected chi connectivity index (χ3v) is 3.31. The molecule has 0 aliphatic rings. The van der Waals surface area contributed by atoms with Gasteiger partial charge >= 0.3 is 0 Å². The molecule has 0 spiro atoms. The molecule has 1 aromatic heterocycles. The predicted molar refractivity (Wildman–Crippen MR) is 82.0 cm³/mol. The first-order valence-corrected chi connectivity index (χ1v) is 6.83. The molecule has 96 valence electrons. The number of halogens is 1. The van der Waals surface area contributed by atoms with Crippen molar-refractivity contribution >= 4 is 38.2 Å². The Hall–Kier alpha value is -1.29. The number of hydrogen-bond donors (Lipinski definition) is 1. The lowest BCUT2D eigenvalue weighted by atomic mass is 10.1. The first-order chi connectivity index (χ1) is 8.49. The van der Waals surface area contributed by atoms with Crippen molar-refractivity contribution in [2.75, 3.05) is 24.2 Å². The number of pyridine rings is 1. The van der Waals surface area contributed by atoms with Gasteiger partial charge in [0.05, 0.1) is 11.2 Å². The average Bonchev–Trinajstić information content (AvgIpc) is 2.29. The highest BCUT2D eigenvalue weighted by Crippen LogP contribution is 2.30. The third kappa shape index (κ3) is 2.58. The van der Waals surface area contributed by atoms with E-state index < -0.39 is 0 Å². The molecule has 0 fully saturated rings. The van der Waals surface area contributed by atoms with Gasteiger partial charge in [0.25, 0.3) is 0 Å². The van der Waals surface area contributed by atoms with Crippen LogP contribution in [0.2, 0.25) is 0 Å². The Morgan fingerprint density at radius 2 is 2.11 bits per heavy atom. The highest BCUT2D eigenvalue weighted by atomic mass is 79.9. The van der Waals surface area contributed by atoms with Crippen molar-refractivity contribution in [1.29, 1.82) is 0 Å². The van der Waals surface area contributed by atoms with E-state index in [2.05, 4.69) is 46.7 Å². The van der Waals surface area contributed by atoms with Crippen molar-refractivity contribution in [3.8, 4) is 0 Å². The number of aromatic nitrogens is 1. The summed E-state index contributed by atoms with van der Waals surface area (Å²) in [6.07, 6.45) is 1.81. The molecule has 0 saturated carbocycles. The van der Waals surface area contributed by atoms with E-state index in [1.807, 2.05) is 24.4 Å². The van der Waals surface area contributed by atoms with E-state index in [1.165, 1.54) is 0 Å². The van der Waals surface area contributed by atoms with Crippen LogP contribution in [0.15, 0.2) is 28.9 Å². The van der Waals surface area contributed by atoms with Gasteiger partial charge in [-0.1, -0.05) is 13.8 Å². The summed E-state index contributed by atoms with van der Waals surface area (Å²) in [5.41, 5.74) is 8.87. The molecule has 0 aliphatic heterocycles. The number of benzene rings is 1.